The highest BCUT2D eigenvalue weighted by Crippen LogP contribution is 2.43. The molecule has 8 nitrogen and oxygen atoms in total. The third-order valence-corrected chi connectivity index (χ3v) is 7.63. The van der Waals surface area contributed by atoms with Crippen molar-refractivity contribution in [3.05, 3.63) is 103 Å². The van der Waals surface area contributed by atoms with Gasteiger partial charge in [-0.05, 0) is 79.0 Å². The Morgan fingerprint density at radius 1 is 1.00 bits per heavy atom. The standard InChI is InChI=1S/C28H29BrN4O4S/c1-5-36-25-15-22(14-24(29)27(25)37-17-21-10-6-18(2)7-11-21)26(16-32(34)35)38-28-31-30-20(4)33(28)23-12-8-19(3)9-13-23/h6-15,26H,5,16-17H2,1-4H3/t26-/m1/s1. The van der Waals surface area contributed by atoms with Crippen LogP contribution < -0.4 is 9.47 Å². The average molecular weight is 598 g/mol. The molecule has 0 aliphatic rings. The van der Waals surface area contributed by atoms with E-state index in [9.17, 15) is 10.1 Å². The highest BCUT2D eigenvalue weighted by atomic mass is 79.9. The summed E-state index contributed by atoms with van der Waals surface area (Å²) in [5, 5.41) is 20.3. The van der Waals surface area contributed by atoms with Crippen LogP contribution in [0.15, 0.2) is 70.3 Å². The van der Waals surface area contributed by atoms with Crippen molar-refractivity contribution in [3.8, 4) is 17.2 Å². The fourth-order valence-corrected chi connectivity index (χ4v) is 5.63. The molecule has 1 heterocycles. The number of hydrogen-bond acceptors (Lipinski definition) is 7. The summed E-state index contributed by atoms with van der Waals surface area (Å²) in [5.74, 6) is 1.78. The molecule has 198 valence electrons. The van der Waals surface area contributed by atoms with Crippen molar-refractivity contribution in [1.29, 1.82) is 0 Å². The topological polar surface area (TPSA) is 92.3 Å². The molecule has 1 aromatic heterocycles. The van der Waals surface area contributed by atoms with Gasteiger partial charge in [-0.15, -0.1) is 10.2 Å². The molecular weight excluding hydrogens is 568 g/mol. The number of benzene rings is 3. The molecule has 4 aromatic rings. The van der Waals surface area contributed by atoms with Gasteiger partial charge in [-0.1, -0.05) is 59.3 Å². The maximum absolute atomic E-state index is 11.7. The minimum absolute atomic E-state index is 0.300. The molecule has 0 N–H and O–H groups in total. The maximum Gasteiger partial charge on any atom is 0.220 e. The lowest BCUT2D eigenvalue weighted by molar-refractivity contribution is -0.479. The fourth-order valence-electron chi connectivity index (χ4n) is 3.90. The van der Waals surface area contributed by atoms with Crippen molar-refractivity contribution in [3.63, 3.8) is 0 Å². The zero-order valence-electron chi connectivity index (χ0n) is 21.7. The smallest absolute Gasteiger partial charge is 0.220 e. The Morgan fingerprint density at radius 3 is 2.29 bits per heavy atom. The third-order valence-electron chi connectivity index (χ3n) is 5.86. The molecule has 0 aliphatic heterocycles. The third kappa shape index (κ3) is 6.73. The molecule has 3 aromatic carbocycles. The molecule has 38 heavy (non-hydrogen) atoms. The summed E-state index contributed by atoms with van der Waals surface area (Å²) >= 11 is 4.92. The molecule has 0 saturated heterocycles. The van der Waals surface area contributed by atoms with Crippen LogP contribution in [0.25, 0.3) is 5.69 Å². The predicted octanol–water partition coefficient (Wildman–Crippen LogP) is 7.04. The van der Waals surface area contributed by atoms with E-state index in [1.165, 1.54) is 17.3 Å². The van der Waals surface area contributed by atoms with E-state index >= 15 is 0 Å². The van der Waals surface area contributed by atoms with Gasteiger partial charge in [-0.3, -0.25) is 14.7 Å². The van der Waals surface area contributed by atoms with Gasteiger partial charge in [0.15, 0.2) is 16.7 Å². The summed E-state index contributed by atoms with van der Waals surface area (Å²) in [5.41, 5.74) is 4.97. The Morgan fingerprint density at radius 2 is 1.66 bits per heavy atom. The van der Waals surface area contributed by atoms with Crippen LogP contribution in [0.5, 0.6) is 11.5 Å². The minimum Gasteiger partial charge on any atom is -0.490 e. The van der Waals surface area contributed by atoms with E-state index in [1.807, 2.05) is 92.9 Å². The lowest BCUT2D eigenvalue weighted by atomic mass is 10.1. The van der Waals surface area contributed by atoms with Gasteiger partial charge in [-0.2, -0.15) is 0 Å². The summed E-state index contributed by atoms with van der Waals surface area (Å²) in [6, 6.07) is 19.8. The zero-order valence-corrected chi connectivity index (χ0v) is 24.1. The van der Waals surface area contributed by atoms with Gasteiger partial charge >= 0.3 is 0 Å². The van der Waals surface area contributed by atoms with Crippen LogP contribution in [0.2, 0.25) is 0 Å². The van der Waals surface area contributed by atoms with Crippen molar-refractivity contribution < 1.29 is 14.4 Å². The molecule has 0 bridgehead atoms. The second-order valence-corrected chi connectivity index (χ2v) is 10.9. The molecule has 0 unspecified atom stereocenters. The van der Waals surface area contributed by atoms with E-state index < -0.39 is 5.25 Å². The maximum atomic E-state index is 11.7. The van der Waals surface area contributed by atoms with E-state index in [2.05, 4.69) is 26.1 Å². The van der Waals surface area contributed by atoms with Crippen molar-refractivity contribution >= 4 is 27.7 Å². The first-order valence-electron chi connectivity index (χ1n) is 12.2. The SMILES string of the molecule is CCOc1cc([C@@H](C[N+](=O)[O-])Sc2nnc(C)n2-c2ccc(C)cc2)cc(Br)c1OCc1ccc(C)cc1. The molecule has 0 fully saturated rings. The second kappa shape index (κ2) is 12.4. The Labute approximate surface area is 234 Å². The predicted molar refractivity (Wildman–Crippen MR) is 152 cm³/mol. The number of nitro groups is 1. The van der Waals surface area contributed by atoms with Gasteiger partial charge in [0.05, 0.1) is 11.1 Å². The fraction of sp³-hybridized carbons (Fsp3) is 0.286. The van der Waals surface area contributed by atoms with Crippen LogP contribution in [0, 0.1) is 30.9 Å². The normalized spacial score (nSPS) is 11.8. The Bertz CT molecular complexity index is 1410. The first kappa shape index (κ1) is 27.7. The first-order valence-corrected chi connectivity index (χ1v) is 13.8. The van der Waals surface area contributed by atoms with Crippen LogP contribution in [0.1, 0.15) is 40.3 Å². The average Bonchev–Trinajstić information content (AvgIpc) is 3.24. The van der Waals surface area contributed by atoms with Crippen molar-refractivity contribution in [2.75, 3.05) is 13.2 Å². The highest BCUT2D eigenvalue weighted by Gasteiger charge is 2.26. The Hall–Kier alpha value is -3.37. The number of ether oxygens (including phenoxy) is 2. The molecule has 0 amide bonds. The van der Waals surface area contributed by atoms with Crippen LogP contribution in [-0.2, 0) is 6.61 Å². The molecule has 4 rings (SSSR count). The van der Waals surface area contributed by atoms with E-state index in [0.29, 0.717) is 40.2 Å². The number of halogens is 1. The van der Waals surface area contributed by atoms with E-state index in [4.69, 9.17) is 9.47 Å². The monoisotopic (exact) mass is 596 g/mol. The van der Waals surface area contributed by atoms with Gasteiger partial charge in [0.2, 0.25) is 6.54 Å². The molecule has 0 aliphatic carbocycles. The number of aryl methyl sites for hydroxylation is 3. The first-order chi connectivity index (χ1) is 18.2. The Kier molecular flexibility index (Phi) is 9.06. The quantitative estimate of drug-likeness (QED) is 0.104. The molecular formula is C28H29BrN4O4S. The lowest BCUT2D eigenvalue weighted by Crippen LogP contribution is -2.12. The molecule has 0 radical (unpaired) electrons. The summed E-state index contributed by atoms with van der Waals surface area (Å²) in [6.45, 7) is 8.30. The van der Waals surface area contributed by atoms with Crippen LogP contribution in [-0.4, -0.2) is 32.8 Å². The number of hydrogen-bond donors (Lipinski definition) is 0. The summed E-state index contributed by atoms with van der Waals surface area (Å²) in [7, 11) is 0. The molecule has 0 saturated carbocycles. The summed E-state index contributed by atoms with van der Waals surface area (Å²) in [4.78, 5) is 11.4. The van der Waals surface area contributed by atoms with Crippen molar-refractivity contribution in [2.45, 2.75) is 44.7 Å². The van der Waals surface area contributed by atoms with Crippen LogP contribution >= 0.6 is 27.7 Å². The molecule has 0 spiro atoms. The minimum atomic E-state index is -0.542. The van der Waals surface area contributed by atoms with Gasteiger partial charge in [0.25, 0.3) is 0 Å². The molecule has 10 heteroatoms. The lowest BCUT2D eigenvalue weighted by Gasteiger charge is -2.19. The summed E-state index contributed by atoms with van der Waals surface area (Å²) in [6.07, 6.45) is 0. The second-order valence-electron chi connectivity index (χ2n) is 8.86. The van der Waals surface area contributed by atoms with Crippen molar-refractivity contribution in [2.24, 2.45) is 0 Å². The van der Waals surface area contributed by atoms with E-state index in [1.54, 1.807) is 0 Å². The van der Waals surface area contributed by atoms with Crippen molar-refractivity contribution in [1.82, 2.24) is 14.8 Å². The summed E-state index contributed by atoms with van der Waals surface area (Å²) < 4.78 is 14.6. The number of nitrogens with zero attached hydrogens (tertiary/aromatic N) is 4. The highest BCUT2D eigenvalue weighted by molar-refractivity contribution is 9.10. The van der Waals surface area contributed by atoms with E-state index in [-0.39, 0.29) is 11.5 Å². The van der Waals surface area contributed by atoms with Gasteiger partial charge in [0.1, 0.15) is 17.7 Å². The number of rotatable bonds is 11. The largest absolute Gasteiger partial charge is 0.490 e. The van der Waals surface area contributed by atoms with Crippen LogP contribution in [0.3, 0.4) is 0 Å². The van der Waals surface area contributed by atoms with Gasteiger partial charge in [-0.25, -0.2) is 0 Å². The Balaban J connectivity index is 1.66. The number of thioether (sulfide) groups is 1. The van der Waals surface area contributed by atoms with Crippen LogP contribution in [0.4, 0.5) is 0 Å². The zero-order chi connectivity index (χ0) is 27.2. The van der Waals surface area contributed by atoms with Gasteiger partial charge < -0.3 is 9.47 Å². The number of aromatic nitrogens is 3. The van der Waals surface area contributed by atoms with E-state index in [0.717, 1.165) is 22.4 Å². The molecule has 1 atom stereocenters. The van der Waals surface area contributed by atoms with Gasteiger partial charge in [0, 0.05) is 10.6 Å².